The molecule has 8 heteroatoms. The SMILES string of the molecule is Cc1cc(OCCOCCOCC2CO2)c(C(C)(C)C)cc1C1(c2cc(C(C)(C)C)c(OCCOCCOCC3CO3)cc2C)c2ccccc2-c2ccccc21. The van der Waals surface area contributed by atoms with Crippen molar-refractivity contribution in [3.05, 3.63) is 117 Å². The van der Waals surface area contributed by atoms with Gasteiger partial charge in [-0.1, -0.05) is 90.1 Å². The number of aryl methyl sites for hydroxylation is 2. The summed E-state index contributed by atoms with van der Waals surface area (Å²) in [5.41, 5.74) is 11.3. The summed E-state index contributed by atoms with van der Waals surface area (Å²) < 4.78 is 46.6. The average molecular weight is 779 g/mol. The van der Waals surface area contributed by atoms with Crippen molar-refractivity contribution in [3.63, 3.8) is 0 Å². The number of hydrogen-bond donors (Lipinski definition) is 0. The summed E-state index contributed by atoms with van der Waals surface area (Å²) in [6.45, 7) is 25.0. The maximum atomic E-state index is 6.56. The second-order valence-corrected chi connectivity index (χ2v) is 17.6. The lowest BCUT2D eigenvalue weighted by molar-refractivity contribution is 0.0315. The van der Waals surface area contributed by atoms with Crippen molar-refractivity contribution >= 4 is 0 Å². The van der Waals surface area contributed by atoms with E-state index in [2.05, 4.69) is 128 Å². The summed E-state index contributed by atoms with van der Waals surface area (Å²) in [4.78, 5) is 0. The van der Waals surface area contributed by atoms with Crippen LogP contribution >= 0.6 is 0 Å². The molecule has 8 nitrogen and oxygen atoms in total. The van der Waals surface area contributed by atoms with Gasteiger partial charge in [0.25, 0.3) is 0 Å². The fourth-order valence-corrected chi connectivity index (χ4v) is 8.16. The molecule has 2 atom stereocenters. The molecule has 306 valence electrons. The molecule has 0 bridgehead atoms. The van der Waals surface area contributed by atoms with Gasteiger partial charge in [-0.25, -0.2) is 0 Å². The normalized spacial score (nSPS) is 18.0. The second-order valence-electron chi connectivity index (χ2n) is 17.6. The molecule has 3 aliphatic rings. The van der Waals surface area contributed by atoms with Gasteiger partial charge in [0.05, 0.1) is 71.5 Å². The van der Waals surface area contributed by atoms with Crippen LogP contribution in [0.5, 0.6) is 11.5 Å². The molecular weight excluding hydrogens is 717 g/mol. The Morgan fingerprint density at radius 3 is 1.26 bits per heavy atom. The Bertz CT molecular complexity index is 1840. The van der Waals surface area contributed by atoms with Crippen molar-refractivity contribution in [2.45, 2.75) is 83.8 Å². The third-order valence-electron chi connectivity index (χ3n) is 11.2. The lowest BCUT2D eigenvalue weighted by atomic mass is 9.63. The predicted molar refractivity (Wildman–Crippen MR) is 224 cm³/mol. The molecule has 2 unspecified atom stereocenters. The van der Waals surface area contributed by atoms with Crippen LogP contribution in [0, 0.1) is 13.8 Å². The van der Waals surface area contributed by atoms with Crippen LogP contribution in [0.2, 0.25) is 0 Å². The number of hydrogen-bond acceptors (Lipinski definition) is 8. The number of benzene rings is 4. The van der Waals surface area contributed by atoms with Crippen LogP contribution in [-0.2, 0) is 44.7 Å². The molecule has 0 radical (unpaired) electrons. The highest BCUT2D eigenvalue weighted by atomic mass is 16.6. The molecule has 0 spiro atoms. The van der Waals surface area contributed by atoms with Crippen molar-refractivity contribution in [2.75, 3.05) is 79.3 Å². The quantitative estimate of drug-likeness (QED) is 0.0573. The van der Waals surface area contributed by atoms with Gasteiger partial charge in [0.1, 0.15) is 36.9 Å². The Morgan fingerprint density at radius 2 is 0.877 bits per heavy atom. The summed E-state index contributed by atoms with van der Waals surface area (Å²) in [5.74, 6) is 1.79. The summed E-state index contributed by atoms with van der Waals surface area (Å²) in [5, 5.41) is 0. The van der Waals surface area contributed by atoms with Gasteiger partial charge >= 0.3 is 0 Å². The van der Waals surface area contributed by atoms with Crippen molar-refractivity contribution in [1.29, 1.82) is 0 Å². The Balaban J connectivity index is 1.24. The van der Waals surface area contributed by atoms with Crippen LogP contribution < -0.4 is 9.47 Å². The fraction of sp³-hybridized carbons (Fsp3) is 0.510. The molecule has 2 fully saturated rings. The first kappa shape index (κ1) is 41.4. The molecule has 2 heterocycles. The van der Waals surface area contributed by atoms with Crippen molar-refractivity contribution in [2.24, 2.45) is 0 Å². The van der Waals surface area contributed by atoms with Crippen molar-refractivity contribution < 1.29 is 37.9 Å². The number of fused-ring (bicyclic) bond motifs is 3. The molecule has 7 rings (SSSR count). The first-order valence-corrected chi connectivity index (χ1v) is 20.7. The van der Waals surface area contributed by atoms with E-state index < -0.39 is 5.41 Å². The molecule has 0 aromatic heterocycles. The average Bonchev–Trinajstić information content (AvgIpc) is 4.12. The van der Waals surface area contributed by atoms with Gasteiger partial charge in [-0.15, -0.1) is 0 Å². The standard InChI is InChI=1S/C49H62O8/c1-33-25-45(54-23-21-50-17-19-52-29-35-31-56-35)43(47(3,4)5)27-41(33)49(39-15-11-9-13-37(39)38-14-10-12-16-40(38)49)42-28-44(48(6,7)8)46(26-34(42)2)55-24-22-51-18-20-53-30-36-32-57-36/h9-16,25-28,35-36H,17-24,29-32H2,1-8H3. The summed E-state index contributed by atoms with van der Waals surface area (Å²) >= 11 is 0. The van der Waals surface area contributed by atoms with Gasteiger partial charge < -0.3 is 37.9 Å². The zero-order valence-corrected chi connectivity index (χ0v) is 35.3. The Morgan fingerprint density at radius 1 is 0.509 bits per heavy atom. The van der Waals surface area contributed by atoms with E-state index in [1.54, 1.807) is 0 Å². The first-order valence-electron chi connectivity index (χ1n) is 20.7. The van der Waals surface area contributed by atoms with E-state index in [4.69, 9.17) is 37.9 Å². The molecule has 57 heavy (non-hydrogen) atoms. The number of rotatable bonds is 20. The molecule has 4 aromatic rings. The first-order chi connectivity index (χ1) is 27.4. The Hall–Kier alpha value is -3.76. The van der Waals surface area contributed by atoms with E-state index in [1.807, 2.05) is 0 Å². The third kappa shape index (κ3) is 9.43. The molecule has 1 aliphatic carbocycles. The topological polar surface area (TPSA) is 80.4 Å². The number of epoxide rings is 2. The van der Waals surface area contributed by atoms with Gasteiger partial charge in [-0.2, -0.15) is 0 Å². The fourth-order valence-electron chi connectivity index (χ4n) is 8.16. The summed E-state index contributed by atoms with van der Waals surface area (Å²) in [7, 11) is 0. The zero-order chi connectivity index (χ0) is 40.2. The minimum absolute atomic E-state index is 0.195. The van der Waals surface area contributed by atoms with Gasteiger partial charge in [0.2, 0.25) is 0 Å². The van der Waals surface area contributed by atoms with Crippen LogP contribution in [0.25, 0.3) is 11.1 Å². The largest absolute Gasteiger partial charge is 0.491 e. The highest BCUT2D eigenvalue weighted by Gasteiger charge is 2.48. The van der Waals surface area contributed by atoms with Crippen molar-refractivity contribution in [3.8, 4) is 22.6 Å². The molecule has 0 N–H and O–H groups in total. The van der Waals surface area contributed by atoms with E-state index in [0.717, 1.165) is 35.8 Å². The Labute approximate surface area is 340 Å². The monoisotopic (exact) mass is 778 g/mol. The van der Waals surface area contributed by atoms with Crippen LogP contribution in [0.4, 0.5) is 0 Å². The molecular formula is C49H62O8. The van der Waals surface area contributed by atoms with Gasteiger partial charge in [0, 0.05) is 0 Å². The molecule has 2 aliphatic heterocycles. The van der Waals surface area contributed by atoms with Crippen LogP contribution in [-0.4, -0.2) is 91.5 Å². The molecule has 0 saturated carbocycles. The maximum absolute atomic E-state index is 6.56. The third-order valence-corrected chi connectivity index (χ3v) is 11.2. The van der Waals surface area contributed by atoms with E-state index >= 15 is 0 Å². The second kappa shape index (κ2) is 17.6. The minimum Gasteiger partial charge on any atom is -0.491 e. The smallest absolute Gasteiger partial charge is 0.123 e. The summed E-state index contributed by atoms with van der Waals surface area (Å²) in [6.07, 6.45) is 0.524. The van der Waals surface area contributed by atoms with Crippen LogP contribution in [0.1, 0.15) is 86.1 Å². The van der Waals surface area contributed by atoms with Gasteiger partial charge in [-0.05, 0) is 105 Å². The maximum Gasteiger partial charge on any atom is 0.123 e. The lowest BCUT2D eigenvalue weighted by Gasteiger charge is -2.39. The summed E-state index contributed by atoms with van der Waals surface area (Å²) in [6, 6.07) is 27.3. The van der Waals surface area contributed by atoms with E-state index in [1.165, 1.54) is 44.5 Å². The van der Waals surface area contributed by atoms with E-state index in [-0.39, 0.29) is 23.0 Å². The molecule has 0 amide bonds. The molecule has 2 saturated heterocycles. The van der Waals surface area contributed by atoms with Gasteiger partial charge in [-0.3, -0.25) is 0 Å². The van der Waals surface area contributed by atoms with E-state index in [9.17, 15) is 0 Å². The zero-order valence-electron chi connectivity index (χ0n) is 35.3. The van der Waals surface area contributed by atoms with Crippen LogP contribution in [0.3, 0.4) is 0 Å². The van der Waals surface area contributed by atoms with Crippen molar-refractivity contribution in [1.82, 2.24) is 0 Å². The van der Waals surface area contributed by atoms with Gasteiger partial charge in [0.15, 0.2) is 0 Å². The highest BCUT2D eigenvalue weighted by molar-refractivity contribution is 5.87. The minimum atomic E-state index is -0.596. The number of ether oxygens (including phenoxy) is 8. The highest BCUT2D eigenvalue weighted by Crippen LogP contribution is 2.59. The van der Waals surface area contributed by atoms with Crippen LogP contribution in [0.15, 0.2) is 72.8 Å². The van der Waals surface area contributed by atoms with E-state index in [0.29, 0.717) is 66.1 Å². The lowest BCUT2D eigenvalue weighted by Crippen LogP contribution is -2.32. The molecule has 4 aromatic carbocycles. The predicted octanol–water partition coefficient (Wildman–Crippen LogP) is 8.88. The Kier molecular flexibility index (Phi) is 12.8.